The van der Waals surface area contributed by atoms with E-state index >= 15 is 0 Å². The number of aromatic hydroxyl groups is 2. The number of hydrazone groups is 1. The molecule has 1 heterocycles. The van der Waals surface area contributed by atoms with Gasteiger partial charge in [0.2, 0.25) is 0 Å². The number of anilines is 1. The lowest BCUT2D eigenvalue weighted by Gasteiger charge is -2.04. The first-order chi connectivity index (χ1) is 9.47. The highest BCUT2D eigenvalue weighted by atomic mass is 35.5. The zero-order chi connectivity index (χ0) is 14.7. The number of phenols is 2. The molecule has 0 spiro atoms. The molecule has 0 saturated carbocycles. The molecule has 0 aliphatic rings. The third-order valence-corrected chi connectivity index (χ3v) is 3.23. The maximum absolute atomic E-state index is 9.33. The lowest BCUT2D eigenvalue weighted by atomic mass is 10.2. The van der Waals surface area contributed by atoms with Crippen LogP contribution in [-0.2, 0) is 0 Å². The highest BCUT2D eigenvalue weighted by Gasteiger charge is 2.06. The number of phenolic OH excluding ortho intramolecular Hbond substituents is 2. The van der Waals surface area contributed by atoms with Gasteiger partial charge < -0.3 is 10.2 Å². The maximum atomic E-state index is 9.33. The van der Waals surface area contributed by atoms with Gasteiger partial charge in [0.05, 0.1) is 16.3 Å². The summed E-state index contributed by atoms with van der Waals surface area (Å²) in [7, 11) is 0. The fraction of sp³-hybridized carbons (Fsp3) is 0. The largest absolute Gasteiger partial charge is 0.504 e. The van der Waals surface area contributed by atoms with Crippen molar-refractivity contribution in [2.45, 2.75) is 0 Å². The van der Waals surface area contributed by atoms with Gasteiger partial charge in [0.1, 0.15) is 5.15 Å². The van der Waals surface area contributed by atoms with Crippen LogP contribution in [0.25, 0.3) is 0 Å². The predicted octanol–water partition coefficient (Wildman–Crippen LogP) is 3.90. The van der Waals surface area contributed by atoms with Crippen molar-refractivity contribution < 1.29 is 10.2 Å². The molecule has 3 N–H and O–H groups in total. The van der Waals surface area contributed by atoms with Crippen LogP contribution in [-0.4, -0.2) is 21.4 Å². The highest BCUT2D eigenvalue weighted by Crippen LogP contribution is 2.29. The minimum Gasteiger partial charge on any atom is -0.504 e. The summed E-state index contributed by atoms with van der Waals surface area (Å²) in [6, 6.07) is 5.72. The molecule has 1 aromatic carbocycles. The number of rotatable bonds is 3. The van der Waals surface area contributed by atoms with Crippen LogP contribution in [0.15, 0.2) is 29.4 Å². The van der Waals surface area contributed by atoms with Gasteiger partial charge in [-0.2, -0.15) is 5.10 Å². The van der Waals surface area contributed by atoms with Crippen molar-refractivity contribution in [2.75, 3.05) is 5.43 Å². The quantitative estimate of drug-likeness (QED) is 0.345. The summed E-state index contributed by atoms with van der Waals surface area (Å²) in [5.74, 6) is -0.190. The van der Waals surface area contributed by atoms with Gasteiger partial charge in [-0.25, -0.2) is 4.98 Å². The number of halogens is 3. The van der Waals surface area contributed by atoms with Crippen molar-refractivity contribution >= 4 is 46.8 Å². The third kappa shape index (κ3) is 3.45. The number of pyridine rings is 1. The van der Waals surface area contributed by atoms with Crippen molar-refractivity contribution in [2.24, 2.45) is 5.10 Å². The van der Waals surface area contributed by atoms with Crippen LogP contribution in [0.1, 0.15) is 5.56 Å². The zero-order valence-corrected chi connectivity index (χ0v) is 12.1. The van der Waals surface area contributed by atoms with E-state index in [2.05, 4.69) is 15.5 Å². The number of benzene rings is 1. The van der Waals surface area contributed by atoms with Gasteiger partial charge in [-0.3, -0.25) is 5.43 Å². The molecular formula is C12H8Cl3N3O2. The average Bonchev–Trinajstić information content (AvgIpc) is 2.39. The predicted molar refractivity (Wildman–Crippen MR) is 80.3 cm³/mol. The van der Waals surface area contributed by atoms with Crippen molar-refractivity contribution in [3.05, 3.63) is 45.0 Å². The number of nitrogens with zero attached hydrogens (tertiary/aromatic N) is 2. The molecule has 0 unspecified atom stereocenters. The fourth-order valence-corrected chi connectivity index (χ4v) is 1.85. The van der Waals surface area contributed by atoms with Crippen molar-refractivity contribution in [3.63, 3.8) is 0 Å². The molecule has 2 aromatic rings. The van der Waals surface area contributed by atoms with Crippen molar-refractivity contribution in [1.82, 2.24) is 4.98 Å². The van der Waals surface area contributed by atoms with Gasteiger partial charge in [-0.1, -0.05) is 34.8 Å². The summed E-state index contributed by atoms with van der Waals surface area (Å²) in [5.41, 5.74) is 3.18. The van der Waals surface area contributed by atoms with E-state index < -0.39 is 0 Å². The minimum atomic E-state index is -0.236. The van der Waals surface area contributed by atoms with E-state index in [0.29, 0.717) is 5.56 Å². The minimum absolute atomic E-state index is 0.107. The number of nitrogens with one attached hydrogen (secondary N) is 1. The Kier molecular flexibility index (Phi) is 4.54. The summed E-state index contributed by atoms with van der Waals surface area (Å²) >= 11 is 17.4. The van der Waals surface area contributed by atoms with E-state index in [0.717, 1.165) is 0 Å². The van der Waals surface area contributed by atoms with E-state index in [4.69, 9.17) is 34.8 Å². The van der Waals surface area contributed by atoms with Crippen molar-refractivity contribution in [1.29, 1.82) is 0 Å². The standard InChI is InChI=1S/C12H8Cl3N3O2/c13-7-4-8(14)12(17-11(7)15)18-16-5-6-1-2-9(19)10(20)3-6/h1-5,19-20H,(H,17,18). The first-order valence-electron chi connectivity index (χ1n) is 5.30. The molecule has 0 amide bonds. The molecule has 0 bridgehead atoms. The Morgan fingerprint density at radius 2 is 1.80 bits per heavy atom. The summed E-state index contributed by atoms with van der Waals surface area (Å²) < 4.78 is 0. The summed E-state index contributed by atoms with van der Waals surface area (Å²) in [6.07, 6.45) is 1.42. The number of hydrogen-bond acceptors (Lipinski definition) is 5. The summed E-state index contributed by atoms with van der Waals surface area (Å²) in [5, 5.41) is 23.0. The van der Waals surface area contributed by atoms with Crippen LogP contribution in [0.3, 0.4) is 0 Å². The van der Waals surface area contributed by atoms with Gasteiger partial charge in [0.15, 0.2) is 17.3 Å². The van der Waals surface area contributed by atoms with Gasteiger partial charge in [0, 0.05) is 0 Å². The Morgan fingerprint density at radius 3 is 2.50 bits per heavy atom. The first-order valence-corrected chi connectivity index (χ1v) is 6.43. The smallest absolute Gasteiger partial charge is 0.166 e. The topological polar surface area (TPSA) is 77.7 Å². The van der Waals surface area contributed by atoms with E-state index in [9.17, 15) is 10.2 Å². The van der Waals surface area contributed by atoms with E-state index in [-0.39, 0.29) is 32.5 Å². The molecule has 1 aromatic heterocycles. The van der Waals surface area contributed by atoms with Crippen LogP contribution in [0.5, 0.6) is 11.5 Å². The lowest BCUT2D eigenvalue weighted by Crippen LogP contribution is -1.95. The molecule has 2 rings (SSSR count). The number of hydrogen-bond donors (Lipinski definition) is 3. The van der Waals surface area contributed by atoms with Gasteiger partial charge in [-0.05, 0) is 29.8 Å². The van der Waals surface area contributed by atoms with Crippen LogP contribution in [0.4, 0.5) is 5.82 Å². The Labute approximate surface area is 129 Å². The van der Waals surface area contributed by atoms with Gasteiger partial charge in [0.25, 0.3) is 0 Å². The Morgan fingerprint density at radius 1 is 1.05 bits per heavy atom. The molecule has 5 nitrogen and oxygen atoms in total. The molecule has 0 atom stereocenters. The lowest BCUT2D eigenvalue weighted by molar-refractivity contribution is 0.403. The van der Waals surface area contributed by atoms with Crippen LogP contribution in [0, 0.1) is 0 Å². The average molecular weight is 333 g/mol. The second-order valence-electron chi connectivity index (χ2n) is 3.71. The first kappa shape index (κ1) is 14.7. The SMILES string of the molecule is Oc1ccc(C=NNc2nc(Cl)c(Cl)cc2Cl)cc1O. The molecule has 8 heteroatoms. The number of aromatic nitrogens is 1. The monoisotopic (exact) mass is 331 g/mol. The van der Waals surface area contributed by atoms with Crippen LogP contribution < -0.4 is 5.43 Å². The maximum Gasteiger partial charge on any atom is 0.166 e. The summed E-state index contributed by atoms with van der Waals surface area (Å²) in [6.45, 7) is 0. The second kappa shape index (κ2) is 6.17. The molecule has 20 heavy (non-hydrogen) atoms. The molecule has 0 aliphatic heterocycles. The molecule has 0 saturated heterocycles. The van der Waals surface area contributed by atoms with Crippen molar-refractivity contribution in [3.8, 4) is 11.5 Å². The third-order valence-electron chi connectivity index (χ3n) is 2.27. The Hall–Kier alpha value is -1.69. The van der Waals surface area contributed by atoms with Crippen LogP contribution >= 0.6 is 34.8 Å². The van der Waals surface area contributed by atoms with E-state index in [1.54, 1.807) is 6.07 Å². The normalized spacial score (nSPS) is 10.9. The van der Waals surface area contributed by atoms with Gasteiger partial charge in [-0.15, -0.1) is 0 Å². The molecule has 104 valence electrons. The molecule has 0 aliphatic carbocycles. The van der Waals surface area contributed by atoms with E-state index in [1.165, 1.54) is 24.4 Å². The zero-order valence-electron chi connectivity index (χ0n) is 9.81. The summed E-state index contributed by atoms with van der Waals surface area (Å²) in [4.78, 5) is 3.92. The van der Waals surface area contributed by atoms with E-state index in [1.807, 2.05) is 0 Å². The highest BCUT2D eigenvalue weighted by molar-refractivity contribution is 6.42. The van der Waals surface area contributed by atoms with Gasteiger partial charge >= 0.3 is 0 Å². The molecule has 0 fully saturated rings. The Bertz CT molecular complexity index is 677. The molecular weight excluding hydrogens is 325 g/mol. The Balaban J connectivity index is 2.13. The molecule has 0 radical (unpaired) electrons. The van der Waals surface area contributed by atoms with Crippen LogP contribution in [0.2, 0.25) is 15.2 Å². The second-order valence-corrected chi connectivity index (χ2v) is 4.88. The fourth-order valence-electron chi connectivity index (χ4n) is 1.31.